The van der Waals surface area contributed by atoms with Crippen LogP contribution in [0.4, 0.5) is 4.79 Å². The molecule has 0 aliphatic carbocycles. The molecule has 0 unspecified atom stereocenters. The number of rotatable bonds is 11. The van der Waals surface area contributed by atoms with Crippen LogP contribution in [0.2, 0.25) is 0 Å². The van der Waals surface area contributed by atoms with E-state index in [2.05, 4.69) is 16.0 Å². The highest BCUT2D eigenvalue weighted by atomic mass is 16.5. The number of ether oxygens (including phenoxy) is 2. The molecule has 0 aromatic heterocycles. The van der Waals surface area contributed by atoms with Crippen molar-refractivity contribution in [2.75, 3.05) is 7.11 Å². The molecule has 0 aliphatic rings. The van der Waals surface area contributed by atoms with Gasteiger partial charge in [-0.25, -0.2) is 9.59 Å². The van der Waals surface area contributed by atoms with Crippen molar-refractivity contribution in [1.29, 1.82) is 0 Å². The predicted molar refractivity (Wildman–Crippen MR) is 124 cm³/mol. The molecule has 9 nitrogen and oxygen atoms in total. The van der Waals surface area contributed by atoms with Crippen molar-refractivity contribution in [3.8, 4) is 0 Å². The topological polar surface area (TPSA) is 123 Å². The maximum absolute atomic E-state index is 12.7. The Morgan fingerprint density at radius 2 is 1.61 bits per heavy atom. The number of alkyl carbamates (subject to hydrolysis) is 1. The number of hydrogen-bond acceptors (Lipinski definition) is 6. The van der Waals surface area contributed by atoms with Crippen molar-refractivity contribution in [1.82, 2.24) is 16.0 Å². The van der Waals surface area contributed by atoms with Crippen LogP contribution in [0.5, 0.6) is 0 Å². The molecule has 3 N–H and O–H groups in total. The van der Waals surface area contributed by atoms with Crippen LogP contribution in [0, 0.1) is 11.8 Å². The number of methoxy groups -OCH3 is 1. The molecule has 0 heterocycles. The number of nitrogens with one attached hydrogen (secondary N) is 3. The van der Waals surface area contributed by atoms with Crippen LogP contribution < -0.4 is 16.0 Å². The maximum Gasteiger partial charge on any atom is 0.412 e. The first-order chi connectivity index (χ1) is 15.5. The molecule has 9 heteroatoms. The van der Waals surface area contributed by atoms with Gasteiger partial charge in [-0.1, -0.05) is 64.1 Å². The van der Waals surface area contributed by atoms with Gasteiger partial charge in [0, 0.05) is 0 Å². The lowest BCUT2D eigenvalue weighted by Gasteiger charge is -2.21. The van der Waals surface area contributed by atoms with Gasteiger partial charge in [0.1, 0.15) is 24.4 Å². The first-order valence-corrected chi connectivity index (χ1v) is 10.9. The fourth-order valence-corrected chi connectivity index (χ4v) is 2.84. The van der Waals surface area contributed by atoms with E-state index < -0.39 is 36.0 Å². The van der Waals surface area contributed by atoms with Gasteiger partial charge in [0.05, 0.1) is 7.11 Å². The third-order valence-electron chi connectivity index (χ3n) is 4.44. The minimum absolute atomic E-state index is 0.0330. The third-order valence-corrected chi connectivity index (χ3v) is 4.44. The fraction of sp³-hybridized carbons (Fsp3) is 0.500. The van der Waals surface area contributed by atoms with Crippen molar-refractivity contribution in [3.63, 3.8) is 0 Å². The van der Waals surface area contributed by atoms with Gasteiger partial charge in [0.2, 0.25) is 5.91 Å². The molecule has 1 rings (SSSR count). The summed E-state index contributed by atoms with van der Waals surface area (Å²) in [5.41, 5.74) is 0.771. The summed E-state index contributed by atoms with van der Waals surface area (Å²) in [5.74, 6) is -1.67. The number of hydrogen-bond donors (Lipinski definition) is 3. The number of carbonyl (C=O) groups is 4. The lowest BCUT2D eigenvalue weighted by Crippen LogP contribution is -2.52. The average molecular weight is 462 g/mol. The molecule has 2 atom stereocenters. The quantitative estimate of drug-likeness (QED) is 0.344. The van der Waals surface area contributed by atoms with Crippen LogP contribution in [0.25, 0.3) is 0 Å². The van der Waals surface area contributed by atoms with Gasteiger partial charge in [-0.3, -0.25) is 14.9 Å². The molecule has 0 bridgehead atoms. The average Bonchev–Trinajstić information content (AvgIpc) is 2.76. The Morgan fingerprint density at radius 3 is 2.15 bits per heavy atom. The number of esters is 1. The monoisotopic (exact) mass is 461 g/mol. The molecule has 1 aromatic carbocycles. The van der Waals surface area contributed by atoms with E-state index in [1.54, 1.807) is 6.08 Å². The summed E-state index contributed by atoms with van der Waals surface area (Å²) in [7, 11) is 1.25. The molecular formula is C24H35N3O6. The van der Waals surface area contributed by atoms with E-state index in [1.165, 1.54) is 14.0 Å². The first-order valence-electron chi connectivity index (χ1n) is 10.9. The summed E-state index contributed by atoms with van der Waals surface area (Å²) in [6, 6.07) is 7.34. The van der Waals surface area contributed by atoms with Crippen LogP contribution in [-0.4, -0.2) is 43.1 Å². The highest BCUT2D eigenvalue weighted by molar-refractivity contribution is 5.99. The Balaban J connectivity index is 2.75. The van der Waals surface area contributed by atoms with Crippen LogP contribution in [-0.2, 0) is 30.5 Å². The fourth-order valence-electron chi connectivity index (χ4n) is 2.84. The number of benzene rings is 1. The van der Waals surface area contributed by atoms with Gasteiger partial charge < -0.3 is 20.1 Å². The number of amides is 3. The lowest BCUT2D eigenvalue weighted by molar-refractivity contribution is -0.145. The smallest absolute Gasteiger partial charge is 0.412 e. The van der Waals surface area contributed by atoms with Gasteiger partial charge in [-0.2, -0.15) is 0 Å². The second-order valence-corrected chi connectivity index (χ2v) is 8.42. The summed E-state index contributed by atoms with van der Waals surface area (Å²) in [6.07, 6.45) is 1.16. The summed E-state index contributed by atoms with van der Waals surface area (Å²) in [4.78, 5) is 49.4. The Bertz CT molecular complexity index is 836. The molecule has 0 radical (unpaired) electrons. The van der Waals surface area contributed by atoms with Crippen LogP contribution in [0.1, 0.15) is 46.6 Å². The predicted octanol–water partition coefficient (Wildman–Crippen LogP) is 2.66. The van der Waals surface area contributed by atoms with Gasteiger partial charge >= 0.3 is 12.1 Å². The van der Waals surface area contributed by atoms with E-state index in [-0.39, 0.29) is 24.1 Å². The van der Waals surface area contributed by atoms with Crippen molar-refractivity contribution in [2.45, 2.75) is 59.7 Å². The highest BCUT2D eigenvalue weighted by Gasteiger charge is 2.26. The van der Waals surface area contributed by atoms with Crippen molar-refractivity contribution in [2.24, 2.45) is 11.8 Å². The van der Waals surface area contributed by atoms with Gasteiger partial charge in [-0.05, 0) is 30.7 Å². The molecular weight excluding hydrogens is 426 g/mol. The largest absolute Gasteiger partial charge is 0.467 e. The number of carbonyl (C=O) groups excluding carboxylic acids is 4. The van der Waals surface area contributed by atoms with Crippen molar-refractivity contribution >= 4 is 23.9 Å². The van der Waals surface area contributed by atoms with E-state index in [0.29, 0.717) is 6.42 Å². The summed E-state index contributed by atoms with van der Waals surface area (Å²) in [5, 5.41) is 7.58. The Morgan fingerprint density at radius 1 is 0.970 bits per heavy atom. The van der Waals surface area contributed by atoms with Gasteiger partial charge in [-0.15, -0.1) is 0 Å². The molecule has 0 fully saturated rings. The van der Waals surface area contributed by atoms with Crippen LogP contribution in [0.15, 0.2) is 42.1 Å². The molecule has 0 aliphatic heterocycles. The van der Waals surface area contributed by atoms with E-state index >= 15 is 0 Å². The minimum atomic E-state index is -0.963. The second kappa shape index (κ2) is 13.9. The molecule has 3 amide bonds. The summed E-state index contributed by atoms with van der Waals surface area (Å²) < 4.78 is 9.91. The first kappa shape index (κ1) is 27.7. The molecule has 0 saturated heterocycles. The standard InChI is InChI=1S/C24H35N3O6/c1-15(2)12-19(27-24(31)33-14-18-10-8-7-9-11-18)22(29)25-17(5)21(28)26-20(13-16(3)4)23(30)32-6/h7-12,15-17,20H,13-14H2,1-6H3,(H,25,29)(H,26,28)(H,27,31)/b19-12+/t17-,20-/m0/s1. The molecule has 33 heavy (non-hydrogen) atoms. The van der Waals surface area contributed by atoms with E-state index in [1.807, 2.05) is 58.0 Å². The van der Waals surface area contributed by atoms with Gasteiger partial charge in [0.25, 0.3) is 5.91 Å². The highest BCUT2D eigenvalue weighted by Crippen LogP contribution is 2.07. The van der Waals surface area contributed by atoms with Crippen molar-refractivity contribution in [3.05, 3.63) is 47.7 Å². The lowest BCUT2D eigenvalue weighted by atomic mass is 10.0. The Labute approximate surface area is 195 Å². The molecule has 182 valence electrons. The zero-order chi connectivity index (χ0) is 25.0. The second-order valence-electron chi connectivity index (χ2n) is 8.42. The van der Waals surface area contributed by atoms with Crippen molar-refractivity contribution < 1.29 is 28.7 Å². The van der Waals surface area contributed by atoms with E-state index in [4.69, 9.17) is 9.47 Å². The Hall–Kier alpha value is -3.36. The minimum Gasteiger partial charge on any atom is -0.467 e. The number of allylic oxidation sites excluding steroid dienone is 1. The zero-order valence-electron chi connectivity index (χ0n) is 20.1. The van der Waals surface area contributed by atoms with E-state index in [9.17, 15) is 19.2 Å². The molecule has 0 spiro atoms. The van der Waals surface area contributed by atoms with Crippen LogP contribution in [0.3, 0.4) is 0 Å². The third kappa shape index (κ3) is 10.7. The summed E-state index contributed by atoms with van der Waals surface area (Å²) in [6.45, 7) is 9.04. The van der Waals surface area contributed by atoms with Crippen LogP contribution >= 0.6 is 0 Å². The normalized spacial score (nSPS) is 13.2. The molecule has 0 saturated carbocycles. The molecule has 1 aromatic rings. The summed E-state index contributed by atoms with van der Waals surface area (Å²) >= 11 is 0. The SMILES string of the molecule is COC(=O)[C@H](CC(C)C)NC(=O)[C@H](C)NC(=O)/C(=C\C(C)C)NC(=O)OCc1ccccc1. The maximum atomic E-state index is 12.7. The van der Waals surface area contributed by atoms with E-state index in [0.717, 1.165) is 5.56 Å². The van der Waals surface area contributed by atoms with Gasteiger partial charge in [0.15, 0.2) is 0 Å². The zero-order valence-corrected chi connectivity index (χ0v) is 20.1. The Kier molecular flexibility index (Phi) is 11.7.